The van der Waals surface area contributed by atoms with Crippen molar-refractivity contribution in [3.63, 3.8) is 0 Å². The molecule has 0 aromatic heterocycles. The predicted molar refractivity (Wildman–Crippen MR) is 52.4 cm³/mol. The van der Waals surface area contributed by atoms with Crippen LogP contribution < -0.4 is 0 Å². The summed E-state index contributed by atoms with van der Waals surface area (Å²) in [6.45, 7) is 13.2. The number of halogens is 1. The van der Waals surface area contributed by atoms with Gasteiger partial charge in [0.15, 0.2) is 0 Å². The normalized spacial score (nSPS) is 15.1. The Labute approximate surface area is 65.0 Å². The van der Waals surface area contributed by atoms with Crippen LogP contribution in [0.2, 0.25) is 0 Å². The van der Waals surface area contributed by atoms with E-state index >= 15 is 0 Å². The number of hydrogen-bond donors (Lipinski definition) is 0. The van der Waals surface area contributed by atoms with Gasteiger partial charge in [-0.3, -0.25) is 0 Å². The van der Waals surface area contributed by atoms with Crippen molar-refractivity contribution in [2.45, 2.75) is 0 Å². The van der Waals surface area contributed by atoms with Crippen molar-refractivity contribution in [3.8, 4) is 0 Å². The summed E-state index contributed by atoms with van der Waals surface area (Å²) in [7, 11) is 0. The molecule has 0 nitrogen and oxygen atoms in total. The molecule has 0 amide bonds. The molecule has 0 radical (unpaired) electrons. The fourth-order valence-corrected chi connectivity index (χ4v) is 0.671. The van der Waals surface area contributed by atoms with E-state index in [1.807, 2.05) is 17.5 Å². The van der Waals surface area contributed by atoms with Gasteiger partial charge in [-0.2, -0.15) is 0 Å². The average Bonchev–Trinajstić information content (AvgIpc) is 1.90. The molecule has 0 saturated carbocycles. The fraction of sp³-hybridized carbons (Fsp3) is 0.143. The van der Waals surface area contributed by atoms with Gasteiger partial charge in [0.1, 0.15) is 0 Å². The van der Waals surface area contributed by atoms with Crippen molar-refractivity contribution >= 4 is 20.8 Å². The Morgan fingerprint density at radius 2 is 1.33 bits per heavy atom. The summed E-state index contributed by atoms with van der Waals surface area (Å²) < 4.78 is 0. The first-order valence-corrected chi connectivity index (χ1v) is 7.53. The second-order valence-corrected chi connectivity index (χ2v) is 12.5. The summed E-state index contributed by atoms with van der Waals surface area (Å²) >= 11 is 3.56. The molecular formula is C7H12BrP. The van der Waals surface area contributed by atoms with Crippen LogP contribution in [-0.4, -0.2) is 6.66 Å². The molecule has 0 saturated heterocycles. The molecule has 0 unspecified atom stereocenters. The second-order valence-electron chi connectivity index (χ2n) is 2.23. The van der Waals surface area contributed by atoms with Gasteiger partial charge in [-0.15, -0.1) is 0 Å². The number of rotatable bonds is 3. The van der Waals surface area contributed by atoms with Crippen LogP contribution in [-0.2, 0) is 0 Å². The summed E-state index contributed by atoms with van der Waals surface area (Å²) in [6, 6.07) is 0. The molecule has 0 bridgehead atoms. The van der Waals surface area contributed by atoms with Crippen molar-refractivity contribution in [1.29, 1.82) is 0 Å². The molecule has 0 aliphatic heterocycles. The Bertz CT molecular complexity index is 130. The molecule has 0 heterocycles. The van der Waals surface area contributed by atoms with Crippen molar-refractivity contribution in [2.75, 3.05) is 6.66 Å². The Balaban J connectivity index is 4.81. The third kappa shape index (κ3) is 2.08. The van der Waals surface area contributed by atoms with Gasteiger partial charge in [0, 0.05) is 0 Å². The van der Waals surface area contributed by atoms with Gasteiger partial charge in [-0.25, -0.2) is 0 Å². The Morgan fingerprint density at radius 1 is 1.11 bits per heavy atom. The van der Waals surface area contributed by atoms with E-state index in [1.54, 1.807) is 0 Å². The van der Waals surface area contributed by atoms with Crippen LogP contribution in [0.4, 0.5) is 0 Å². The van der Waals surface area contributed by atoms with Gasteiger partial charge in [-0.05, 0) is 0 Å². The van der Waals surface area contributed by atoms with E-state index in [2.05, 4.69) is 41.9 Å². The van der Waals surface area contributed by atoms with Gasteiger partial charge in [-0.1, -0.05) is 0 Å². The van der Waals surface area contributed by atoms with Gasteiger partial charge in [0.2, 0.25) is 0 Å². The predicted octanol–water partition coefficient (Wildman–Crippen LogP) is 3.91. The summed E-state index contributed by atoms with van der Waals surface area (Å²) in [5, 5.41) is -2.02. The van der Waals surface area contributed by atoms with Crippen LogP contribution in [0.25, 0.3) is 0 Å². The second kappa shape index (κ2) is 2.40. The topological polar surface area (TPSA) is 0 Å². The summed E-state index contributed by atoms with van der Waals surface area (Å²) in [5.74, 6) is 5.64. The van der Waals surface area contributed by atoms with Crippen LogP contribution in [0, 0.1) is 0 Å². The standard InChI is InChI=1S/C7H12BrP/c1-5-9(4,8,6-2)7-3/h5-7H,1-3H2,4H3. The molecule has 0 spiro atoms. The van der Waals surface area contributed by atoms with E-state index in [4.69, 9.17) is 0 Å². The van der Waals surface area contributed by atoms with Crippen LogP contribution in [0.3, 0.4) is 0 Å². The third-order valence-corrected chi connectivity index (χ3v) is 6.77. The van der Waals surface area contributed by atoms with Crippen molar-refractivity contribution in [3.05, 3.63) is 37.2 Å². The molecule has 0 aromatic rings. The monoisotopic (exact) mass is 206 g/mol. The minimum atomic E-state index is -2.02. The molecule has 0 aliphatic carbocycles. The van der Waals surface area contributed by atoms with Crippen LogP contribution in [0.5, 0.6) is 0 Å². The fourth-order valence-electron chi connectivity index (χ4n) is 0.224. The first kappa shape index (κ1) is 9.13. The van der Waals surface area contributed by atoms with E-state index in [0.29, 0.717) is 0 Å². The Hall–Kier alpha value is 0.130. The average molecular weight is 207 g/mol. The van der Waals surface area contributed by atoms with Gasteiger partial charge < -0.3 is 0 Å². The molecule has 0 aromatic carbocycles. The van der Waals surface area contributed by atoms with E-state index in [0.717, 1.165) is 0 Å². The van der Waals surface area contributed by atoms with E-state index in [9.17, 15) is 0 Å². The zero-order chi connectivity index (χ0) is 7.57. The first-order chi connectivity index (χ1) is 3.96. The third-order valence-electron chi connectivity index (χ3n) is 1.39. The van der Waals surface area contributed by atoms with Gasteiger partial charge >= 0.3 is 64.6 Å². The van der Waals surface area contributed by atoms with Crippen molar-refractivity contribution < 1.29 is 0 Å². The maximum absolute atomic E-state index is 3.71. The molecule has 2 heteroatoms. The zero-order valence-corrected chi connectivity index (χ0v) is 8.16. The van der Waals surface area contributed by atoms with E-state index < -0.39 is 5.31 Å². The van der Waals surface area contributed by atoms with Crippen LogP contribution >= 0.6 is 20.8 Å². The molecular weight excluding hydrogens is 195 g/mol. The molecule has 0 rings (SSSR count). The maximum atomic E-state index is 3.71. The Kier molecular flexibility index (Phi) is 2.43. The molecule has 0 aliphatic rings. The summed E-state index contributed by atoms with van der Waals surface area (Å²) in [4.78, 5) is 0. The van der Waals surface area contributed by atoms with Crippen molar-refractivity contribution in [1.82, 2.24) is 0 Å². The minimum absolute atomic E-state index is 1.88. The molecule has 9 heavy (non-hydrogen) atoms. The van der Waals surface area contributed by atoms with Gasteiger partial charge in [0.25, 0.3) is 0 Å². The van der Waals surface area contributed by atoms with Crippen LogP contribution in [0.15, 0.2) is 37.2 Å². The number of hydrogen-bond acceptors (Lipinski definition) is 0. The molecule has 0 N–H and O–H groups in total. The van der Waals surface area contributed by atoms with Crippen LogP contribution in [0.1, 0.15) is 0 Å². The van der Waals surface area contributed by atoms with Gasteiger partial charge in [0.05, 0.1) is 0 Å². The SMILES string of the molecule is C=CP(C)(Br)(C=C)C=C. The van der Waals surface area contributed by atoms with E-state index in [1.165, 1.54) is 0 Å². The Morgan fingerprint density at radius 3 is 1.33 bits per heavy atom. The van der Waals surface area contributed by atoms with Crippen molar-refractivity contribution in [2.24, 2.45) is 0 Å². The summed E-state index contributed by atoms with van der Waals surface area (Å²) in [5.41, 5.74) is 0. The molecule has 0 atom stereocenters. The first-order valence-electron chi connectivity index (χ1n) is 2.62. The quantitative estimate of drug-likeness (QED) is 0.615. The van der Waals surface area contributed by atoms with E-state index in [-0.39, 0.29) is 0 Å². The molecule has 0 fully saturated rings. The summed E-state index contributed by atoms with van der Waals surface area (Å²) in [6.07, 6.45) is 0. The zero-order valence-electron chi connectivity index (χ0n) is 5.68. The molecule has 52 valence electrons.